The van der Waals surface area contributed by atoms with Crippen LogP contribution in [0.4, 0.5) is 0 Å². The predicted molar refractivity (Wildman–Crippen MR) is 66.4 cm³/mol. The monoisotopic (exact) mass is 251 g/mol. The van der Waals surface area contributed by atoms with E-state index in [1.807, 2.05) is 0 Å². The summed E-state index contributed by atoms with van der Waals surface area (Å²) < 4.78 is 10.9. The molecule has 0 unspecified atom stereocenters. The van der Waals surface area contributed by atoms with E-state index in [2.05, 4.69) is 15.5 Å². The van der Waals surface area contributed by atoms with Gasteiger partial charge in [-0.15, -0.1) is 0 Å². The molecule has 1 N–H and O–H groups in total. The summed E-state index contributed by atoms with van der Waals surface area (Å²) in [6.45, 7) is 3.52. The third-order valence-corrected chi connectivity index (χ3v) is 3.91. The number of nitrogens with zero attached hydrogens (tertiary/aromatic N) is 2. The van der Waals surface area contributed by atoms with E-state index in [4.69, 9.17) is 9.26 Å². The molecule has 0 atom stereocenters. The average molecular weight is 251 g/mol. The summed E-state index contributed by atoms with van der Waals surface area (Å²) in [6, 6.07) is 0. The Hall–Kier alpha value is -0.940. The molecule has 0 spiro atoms. The second kappa shape index (κ2) is 5.80. The van der Waals surface area contributed by atoms with Crippen LogP contribution in [0.25, 0.3) is 0 Å². The maximum absolute atomic E-state index is 5.70. The Morgan fingerprint density at radius 2 is 2.11 bits per heavy atom. The van der Waals surface area contributed by atoms with Crippen molar-refractivity contribution in [1.82, 2.24) is 15.5 Å². The lowest BCUT2D eigenvalue weighted by Crippen LogP contribution is -2.40. The van der Waals surface area contributed by atoms with E-state index in [0.717, 1.165) is 43.8 Å². The molecule has 2 aliphatic rings. The molecular formula is C13H21N3O2. The van der Waals surface area contributed by atoms with Gasteiger partial charge in [0.1, 0.15) is 0 Å². The molecule has 2 heterocycles. The summed E-state index contributed by atoms with van der Waals surface area (Å²) >= 11 is 0. The van der Waals surface area contributed by atoms with Crippen LogP contribution in [0, 0.1) is 5.92 Å². The first kappa shape index (κ1) is 12.1. The molecule has 3 rings (SSSR count). The SMILES string of the molecule is C1CCC(COCCc2noc(C3CNC3)n2)C1. The number of hydrogen-bond donors (Lipinski definition) is 1. The topological polar surface area (TPSA) is 60.2 Å². The smallest absolute Gasteiger partial charge is 0.232 e. The average Bonchev–Trinajstić information content (AvgIpc) is 2.93. The second-order valence-electron chi connectivity index (χ2n) is 5.38. The van der Waals surface area contributed by atoms with E-state index in [-0.39, 0.29) is 0 Å². The Morgan fingerprint density at radius 3 is 2.83 bits per heavy atom. The van der Waals surface area contributed by atoms with Crippen molar-refractivity contribution in [2.75, 3.05) is 26.3 Å². The summed E-state index contributed by atoms with van der Waals surface area (Å²) in [6.07, 6.45) is 6.17. The first-order chi connectivity index (χ1) is 8.92. The van der Waals surface area contributed by atoms with Gasteiger partial charge in [-0.05, 0) is 18.8 Å². The molecule has 0 amide bonds. The standard InChI is InChI=1S/C13H21N3O2/c1-2-4-10(3-1)9-17-6-5-12-15-13(18-16-12)11-7-14-8-11/h10-11,14H,1-9H2. The van der Waals surface area contributed by atoms with Crippen molar-refractivity contribution < 1.29 is 9.26 Å². The summed E-state index contributed by atoms with van der Waals surface area (Å²) in [5.74, 6) is 2.76. The van der Waals surface area contributed by atoms with E-state index in [9.17, 15) is 0 Å². The van der Waals surface area contributed by atoms with Gasteiger partial charge in [-0.1, -0.05) is 18.0 Å². The summed E-state index contributed by atoms with van der Waals surface area (Å²) in [5.41, 5.74) is 0. The van der Waals surface area contributed by atoms with Crippen molar-refractivity contribution in [3.05, 3.63) is 11.7 Å². The molecular weight excluding hydrogens is 230 g/mol. The van der Waals surface area contributed by atoms with Crippen LogP contribution >= 0.6 is 0 Å². The highest BCUT2D eigenvalue weighted by Crippen LogP contribution is 2.24. The molecule has 0 aromatic carbocycles. The van der Waals surface area contributed by atoms with Crippen molar-refractivity contribution in [2.45, 2.75) is 38.0 Å². The highest BCUT2D eigenvalue weighted by Gasteiger charge is 2.24. The third kappa shape index (κ3) is 2.90. The summed E-state index contributed by atoms with van der Waals surface area (Å²) in [4.78, 5) is 4.40. The third-order valence-electron chi connectivity index (χ3n) is 3.91. The molecule has 0 bridgehead atoms. The maximum Gasteiger partial charge on any atom is 0.232 e. The molecule has 5 heteroatoms. The van der Waals surface area contributed by atoms with E-state index < -0.39 is 0 Å². The highest BCUT2D eigenvalue weighted by atomic mass is 16.5. The zero-order valence-corrected chi connectivity index (χ0v) is 10.7. The number of rotatable bonds is 6. The molecule has 1 aromatic rings. The van der Waals surface area contributed by atoms with Gasteiger partial charge in [0, 0.05) is 26.1 Å². The molecule has 1 aliphatic carbocycles. The molecule has 1 saturated carbocycles. The number of aromatic nitrogens is 2. The van der Waals surface area contributed by atoms with Crippen LogP contribution in [0.5, 0.6) is 0 Å². The van der Waals surface area contributed by atoms with Crippen molar-refractivity contribution in [3.8, 4) is 0 Å². The lowest BCUT2D eigenvalue weighted by Gasteiger charge is -2.22. The van der Waals surface area contributed by atoms with Gasteiger partial charge in [-0.2, -0.15) is 4.98 Å². The van der Waals surface area contributed by atoms with Gasteiger partial charge >= 0.3 is 0 Å². The van der Waals surface area contributed by atoms with Gasteiger partial charge in [-0.25, -0.2) is 0 Å². The number of hydrogen-bond acceptors (Lipinski definition) is 5. The van der Waals surface area contributed by atoms with Crippen molar-refractivity contribution in [2.24, 2.45) is 5.92 Å². The summed E-state index contributed by atoms with van der Waals surface area (Å²) in [5, 5.41) is 7.19. The Bertz CT molecular complexity index is 370. The van der Waals surface area contributed by atoms with Crippen molar-refractivity contribution in [1.29, 1.82) is 0 Å². The van der Waals surface area contributed by atoms with E-state index in [0.29, 0.717) is 12.5 Å². The molecule has 0 radical (unpaired) electrons. The highest BCUT2D eigenvalue weighted by molar-refractivity contribution is 5.00. The molecule has 1 aromatic heterocycles. The van der Waals surface area contributed by atoms with Crippen LogP contribution < -0.4 is 5.32 Å². The normalized spacial score (nSPS) is 21.3. The number of nitrogens with one attached hydrogen (secondary N) is 1. The van der Waals surface area contributed by atoms with Crippen LogP contribution in [0.2, 0.25) is 0 Å². The Morgan fingerprint density at radius 1 is 1.28 bits per heavy atom. The molecule has 100 valence electrons. The van der Waals surface area contributed by atoms with Gasteiger partial charge in [0.15, 0.2) is 5.82 Å². The zero-order valence-electron chi connectivity index (χ0n) is 10.7. The molecule has 1 saturated heterocycles. The molecule has 5 nitrogen and oxygen atoms in total. The molecule has 2 fully saturated rings. The first-order valence-electron chi connectivity index (χ1n) is 7.03. The lowest BCUT2D eigenvalue weighted by molar-refractivity contribution is 0.102. The van der Waals surface area contributed by atoms with E-state index >= 15 is 0 Å². The number of ether oxygens (including phenoxy) is 1. The van der Waals surface area contributed by atoms with Crippen LogP contribution in [0.1, 0.15) is 43.3 Å². The Labute approximate surface area is 107 Å². The van der Waals surface area contributed by atoms with Crippen LogP contribution in [-0.4, -0.2) is 36.4 Å². The fourth-order valence-corrected chi connectivity index (χ4v) is 2.59. The van der Waals surface area contributed by atoms with Crippen molar-refractivity contribution >= 4 is 0 Å². The second-order valence-corrected chi connectivity index (χ2v) is 5.38. The van der Waals surface area contributed by atoms with Crippen LogP contribution in [-0.2, 0) is 11.2 Å². The Balaban J connectivity index is 1.35. The van der Waals surface area contributed by atoms with Gasteiger partial charge in [0.2, 0.25) is 5.89 Å². The van der Waals surface area contributed by atoms with Gasteiger partial charge in [-0.3, -0.25) is 0 Å². The largest absolute Gasteiger partial charge is 0.381 e. The van der Waals surface area contributed by atoms with Gasteiger partial charge in [0.05, 0.1) is 12.5 Å². The van der Waals surface area contributed by atoms with Crippen LogP contribution in [0.15, 0.2) is 4.52 Å². The maximum atomic E-state index is 5.70. The fraction of sp³-hybridized carbons (Fsp3) is 0.846. The van der Waals surface area contributed by atoms with Gasteiger partial charge in [0.25, 0.3) is 0 Å². The zero-order chi connectivity index (χ0) is 12.2. The summed E-state index contributed by atoms with van der Waals surface area (Å²) in [7, 11) is 0. The van der Waals surface area contributed by atoms with Crippen LogP contribution in [0.3, 0.4) is 0 Å². The minimum absolute atomic E-state index is 0.422. The van der Waals surface area contributed by atoms with E-state index in [1.165, 1.54) is 25.7 Å². The van der Waals surface area contributed by atoms with Gasteiger partial charge < -0.3 is 14.6 Å². The molecule has 18 heavy (non-hydrogen) atoms. The molecule has 1 aliphatic heterocycles. The van der Waals surface area contributed by atoms with E-state index in [1.54, 1.807) is 0 Å². The quantitative estimate of drug-likeness (QED) is 0.776. The first-order valence-corrected chi connectivity index (χ1v) is 7.03. The Kier molecular flexibility index (Phi) is 3.90. The lowest BCUT2D eigenvalue weighted by atomic mass is 10.0. The predicted octanol–water partition coefficient (Wildman–Crippen LogP) is 1.51. The minimum Gasteiger partial charge on any atom is -0.381 e. The minimum atomic E-state index is 0.422. The fourth-order valence-electron chi connectivity index (χ4n) is 2.59. The van der Waals surface area contributed by atoms with Crippen molar-refractivity contribution in [3.63, 3.8) is 0 Å².